The van der Waals surface area contributed by atoms with Gasteiger partial charge >= 0.3 is 53.7 Å². The third kappa shape index (κ3) is 10.9. The van der Waals surface area contributed by atoms with Crippen molar-refractivity contribution in [2.45, 2.75) is 62.3 Å². The van der Waals surface area contributed by atoms with Crippen LogP contribution < -0.4 is 42.6 Å². The third-order valence-corrected chi connectivity index (χ3v) is 6.08. The molecule has 54 heavy (non-hydrogen) atoms. The Hall–Kier alpha value is -7.11. The molecule has 3 rings (SSSR count). The van der Waals surface area contributed by atoms with E-state index in [4.69, 9.17) is 42.6 Å². The Morgan fingerprint density at radius 2 is 0.481 bits per heavy atom. The number of ether oxygens (including phenoxy) is 9. The second kappa shape index (κ2) is 17.4. The zero-order valence-electron chi connectivity index (χ0n) is 30.2. The summed E-state index contributed by atoms with van der Waals surface area (Å²) in [5.41, 5.74) is -1.97. The maximum atomic E-state index is 13.0. The fraction of sp³-hybridized carbons (Fsp3) is 0.250. The number of esters is 9. The predicted molar refractivity (Wildman–Crippen MR) is 179 cm³/mol. The van der Waals surface area contributed by atoms with Gasteiger partial charge in [0.1, 0.15) is 46.0 Å². The molecule has 0 atom stereocenters. The highest BCUT2D eigenvalue weighted by molar-refractivity contribution is 6.01. The molecule has 0 amide bonds. The molecule has 0 unspecified atom stereocenters. The van der Waals surface area contributed by atoms with Crippen molar-refractivity contribution in [3.63, 3.8) is 0 Å². The van der Waals surface area contributed by atoms with Crippen LogP contribution in [0.2, 0.25) is 0 Å². The van der Waals surface area contributed by atoms with E-state index < -0.39 is 116 Å². The monoisotopic (exact) mass is 752 g/mol. The van der Waals surface area contributed by atoms with Crippen molar-refractivity contribution in [1.29, 1.82) is 0 Å². The fourth-order valence-corrected chi connectivity index (χ4v) is 4.82. The molecule has 0 saturated carbocycles. The molecule has 0 aromatic heterocycles. The van der Waals surface area contributed by atoms with Gasteiger partial charge in [0, 0.05) is 92.6 Å². The molecule has 3 aromatic rings. The second-order valence-corrected chi connectivity index (χ2v) is 10.9. The fourth-order valence-electron chi connectivity index (χ4n) is 4.82. The Labute approximate surface area is 306 Å². The molecule has 284 valence electrons. The van der Waals surface area contributed by atoms with E-state index in [-0.39, 0.29) is 11.5 Å². The zero-order valence-corrected chi connectivity index (χ0v) is 30.2. The molecule has 0 fully saturated rings. The molecule has 0 heterocycles. The summed E-state index contributed by atoms with van der Waals surface area (Å²) < 4.78 is 48.7. The van der Waals surface area contributed by atoms with Gasteiger partial charge in [-0.1, -0.05) is 0 Å². The van der Waals surface area contributed by atoms with Crippen molar-refractivity contribution < 1.29 is 85.8 Å². The largest absolute Gasteiger partial charge is 0.426 e. The smallest absolute Gasteiger partial charge is 0.308 e. The molecule has 18 heteroatoms. The lowest BCUT2D eigenvalue weighted by Crippen LogP contribution is -2.14. The highest BCUT2D eigenvalue weighted by Crippen LogP contribution is 2.58. The van der Waals surface area contributed by atoms with Crippen LogP contribution in [0, 0.1) is 0 Å². The van der Waals surface area contributed by atoms with E-state index in [1.807, 2.05) is 0 Å². The van der Waals surface area contributed by atoms with E-state index in [9.17, 15) is 43.2 Å². The van der Waals surface area contributed by atoms with Gasteiger partial charge in [-0.25, -0.2) is 0 Å². The van der Waals surface area contributed by atoms with Gasteiger partial charge < -0.3 is 42.6 Å². The van der Waals surface area contributed by atoms with Crippen LogP contribution in [0.15, 0.2) is 30.3 Å². The highest BCUT2D eigenvalue weighted by Gasteiger charge is 2.35. The maximum absolute atomic E-state index is 13.0. The molecule has 0 N–H and O–H groups in total. The topological polar surface area (TPSA) is 237 Å². The Kier molecular flexibility index (Phi) is 13.3. The van der Waals surface area contributed by atoms with Crippen molar-refractivity contribution in [3.05, 3.63) is 30.3 Å². The average molecular weight is 753 g/mol. The third-order valence-electron chi connectivity index (χ3n) is 6.08. The van der Waals surface area contributed by atoms with Crippen LogP contribution >= 0.6 is 0 Å². The van der Waals surface area contributed by atoms with Crippen LogP contribution in [0.1, 0.15) is 62.3 Å². The number of rotatable bonds is 11. The SMILES string of the molecule is CC(=O)Oc1cc(OC(C)=O)c(-c2c(OC(C)=O)cc(OC(C)=O)c(-c3c(OC(C)=O)cc(OC(C)=O)cc3OC(C)=O)c2OC(C)=O)c(OC(C)=O)c1. The standard InChI is InChI=1S/C36H32O18/c1-15(37)46-24-10-26(48-17(3)39)32(27(11-24)49-18(4)40)34-30(52-21(7)43)14-31(53-22(8)44)35(36(34)54-23(9)45)33-28(50-19(5)41)12-25(47-16(2)38)13-29(33)51-20(6)42/h10-14H,1-9H3. The van der Waals surface area contributed by atoms with Gasteiger partial charge in [0.15, 0.2) is 5.75 Å². The first kappa shape index (κ1) is 41.3. The molecule has 0 spiro atoms. The van der Waals surface area contributed by atoms with Crippen molar-refractivity contribution in [1.82, 2.24) is 0 Å². The molecular formula is C36H32O18. The average Bonchev–Trinajstić information content (AvgIpc) is 2.96. The van der Waals surface area contributed by atoms with Crippen molar-refractivity contribution >= 4 is 53.7 Å². The molecule has 0 radical (unpaired) electrons. The molecule has 18 nitrogen and oxygen atoms in total. The second-order valence-electron chi connectivity index (χ2n) is 10.9. The highest BCUT2D eigenvalue weighted by atomic mass is 16.6. The summed E-state index contributed by atoms with van der Waals surface area (Å²) in [5.74, 6) is -13.3. The molecule has 0 aliphatic heterocycles. The Bertz CT molecular complexity index is 1900. The predicted octanol–water partition coefficient (Wildman–Crippen LogP) is 4.35. The van der Waals surface area contributed by atoms with Crippen LogP contribution in [0.4, 0.5) is 0 Å². The normalized spacial score (nSPS) is 10.2. The Morgan fingerprint density at radius 1 is 0.278 bits per heavy atom. The molecule has 0 saturated heterocycles. The van der Waals surface area contributed by atoms with E-state index in [0.717, 1.165) is 92.6 Å². The summed E-state index contributed by atoms with van der Waals surface area (Å²) in [5, 5.41) is 0. The minimum Gasteiger partial charge on any atom is -0.426 e. The number of carbonyl (C=O) groups is 9. The minimum atomic E-state index is -1.09. The van der Waals surface area contributed by atoms with Crippen LogP contribution in [0.25, 0.3) is 22.3 Å². The van der Waals surface area contributed by atoms with Crippen molar-refractivity contribution in [2.75, 3.05) is 0 Å². The molecular weight excluding hydrogens is 720 g/mol. The first-order valence-corrected chi connectivity index (χ1v) is 15.4. The molecule has 0 aliphatic carbocycles. The number of benzene rings is 3. The summed E-state index contributed by atoms with van der Waals surface area (Å²) in [6, 6.07) is 5.00. The van der Waals surface area contributed by atoms with Gasteiger partial charge in [-0.3, -0.25) is 43.2 Å². The van der Waals surface area contributed by atoms with Gasteiger partial charge in [-0.05, 0) is 0 Å². The van der Waals surface area contributed by atoms with Crippen LogP contribution in [-0.2, 0) is 43.2 Å². The van der Waals surface area contributed by atoms with E-state index in [1.54, 1.807) is 0 Å². The van der Waals surface area contributed by atoms with Crippen LogP contribution in [0.5, 0.6) is 51.7 Å². The first-order valence-electron chi connectivity index (χ1n) is 15.4. The quantitative estimate of drug-likeness (QED) is 0.195. The van der Waals surface area contributed by atoms with E-state index in [2.05, 4.69) is 0 Å². The van der Waals surface area contributed by atoms with Crippen LogP contribution in [0.3, 0.4) is 0 Å². The lowest BCUT2D eigenvalue weighted by Gasteiger charge is -2.25. The molecule has 0 aliphatic rings. The lowest BCUT2D eigenvalue weighted by molar-refractivity contribution is -0.133. The van der Waals surface area contributed by atoms with Gasteiger partial charge in [-0.15, -0.1) is 0 Å². The lowest BCUT2D eigenvalue weighted by atomic mass is 9.92. The van der Waals surface area contributed by atoms with E-state index in [0.29, 0.717) is 0 Å². The summed E-state index contributed by atoms with van der Waals surface area (Å²) in [4.78, 5) is 112. The first-order chi connectivity index (χ1) is 25.2. The number of hydrogen-bond donors (Lipinski definition) is 0. The van der Waals surface area contributed by atoms with Crippen molar-refractivity contribution in [3.8, 4) is 74.0 Å². The van der Waals surface area contributed by atoms with E-state index >= 15 is 0 Å². The van der Waals surface area contributed by atoms with Crippen LogP contribution in [-0.4, -0.2) is 53.7 Å². The van der Waals surface area contributed by atoms with Gasteiger partial charge in [0.25, 0.3) is 0 Å². The summed E-state index contributed by atoms with van der Waals surface area (Å²) in [6.45, 7) is 8.95. The minimum absolute atomic E-state index is 0.311. The summed E-state index contributed by atoms with van der Waals surface area (Å²) >= 11 is 0. The number of hydrogen-bond acceptors (Lipinski definition) is 18. The van der Waals surface area contributed by atoms with Gasteiger partial charge in [-0.2, -0.15) is 0 Å². The zero-order chi connectivity index (χ0) is 40.6. The summed E-state index contributed by atoms with van der Waals surface area (Å²) in [6.07, 6.45) is 0. The molecule has 0 bridgehead atoms. The van der Waals surface area contributed by atoms with Crippen molar-refractivity contribution in [2.24, 2.45) is 0 Å². The summed E-state index contributed by atoms with van der Waals surface area (Å²) in [7, 11) is 0. The van der Waals surface area contributed by atoms with Gasteiger partial charge in [0.05, 0.1) is 22.3 Å². The van der Waals surface area contributed by atoms with Gasteiger partial charge in [0.2, 0.25) is 0 Å². The Balaban J connectivity index is 2.87. The Morgan fingerprint density at radius 3 is 0.685 bits per heavy atom. The molecule has 3 aromatic carbocycles. The maximum Gasteiger partial charge on any atom is 0.308 e. The van der Waals surface area contributed by atoms with E-state index in [1.165, 1.54) is 0 Å². The number of carbonyl (C=O) groups excluding carboxylic acids is 9.